The number of amides is 1. The Bertz CT molecular complexity index is 846. The highest BCUT2D eigenvalue weighted by atomic mass is 16.1. The monoisotopic (exact) mass is 336 g/mol. The highest BCUT2D eigenvalue weighted by Crippen LogP contribution is 2.17. The number of aromatic nitrogens is 5. The molecule has 1 atom stereocenters. The Balaban J connectivity index is 1.76. The van der Waals surface area contributed by atoms with Crippen molar-refractivity contribution in [2.24, 2.45) is 0 Å². The highest BCUT2D eigenvalue weighted by molar-refractivity contribution is 5.95. The lowest BCUT2D eigenvalue weighted by molar-refractivity contribution is 0.0937. The number of hydrogen-bond acceptors (Lipinski definition) is 5. The molecule has 7 heteroatoms. The van der Waals surface area contributed by atoms with Crippen molar-refractivity contribution in [2.45, 2.75) is 32.9 Å². The van der Waals surface area contributed by atoms with Crippen LogP contribution in [0.3, 0.4) is 0 Å². The number of hydrogen-bond donors (Lipinski definition) is 1. The van der Waals surface area contributed by atoms with Crippen molar-refractivity contribution in [3.05, 3.63) is 60.4 Å². The summed E-state index contributed by atoms with van der Waals surface area (Å²) in [5, 5.41) is 11.0. The van der Waals surface area contributed by atoms with Crippen molar-refractivity contribution in [2.75, 3.05) is 0 Å². The fraction of sp³-hybridized carbons (Fsp3) is 0.278. The van der Waals surface area contributed by atoms with Crippen LogP contribution >= 0.6 is 0 Å². The third-order valence-electron chi connectivity index (χ3n) is 3.79. The Morgan fingerprint density at radius 3 is 2.80 bits per heavy atom. The van der Waals surface area contributed by atoms with Crippen LogP contribution in [-0.2, 0) is 6.54 Å². The third-order valence-corrected chi connectivity index (χ3v) is 3.79. The van der Waals surface area contributed by atoms with Crippen LogP contribution in [0.4, 0.5) is 0 Å². The maximum absolute atomic E-state index is 12.6. The van der Waals surface area contributed by atoms with Gasteiger partial charge in [0, 0.05) is 30.1 Å². The summed E-state index contributed by atoms with van der Waals surface area (Å²) in [5.41, 5.74) is 1.36. The zero-order chi connectivity index (χ0) is 17.6. The summed E-state index contributed by atoms with van der Waals surface area (Å²) in [5.74, 6) is 1.17. The van der Waals surface area contributed by atoms with Crippen molar-refractivity contribution in [1.82, 2.24) is 30.0 Å². The number of nitrogens with zero attached hydrogens (tertiary/aromatic N) is 5. The van der Waals surface area contributed by atoms with Gasteiger partial charge in [-0.2, -0.15) is 0 Å². The summed E-state index contributed by atoms with van der Waals surface area (Å²) in [6.45, 7) is 4.81. The van der Waals surface area contributed by atoms with Gasteiger partial charge in [0.05, 0.1) is 6.04 Å². The fourth-order valence-corrected chi connectivity index (χ4v) is 2.60. The van der Waals surface area contributed by atoms with Crippen LogP contribution in [-0.4, -0.2) is 30.6 Å². The largest absolute Gasteiger partial charge is 0.342 e. The molecule has 2 heterocycles. The van der Waals surface area contributed by atoms with Crippen molar-refractivity contribution in [3.8, 4) is 11.4 Å². The first-order valence-electron chi connectivity index (χ1n) is 8.25. The van der Waals surface area contributed by atoms with E-state index in [1.165, 1.54) is 0 Å². The van der Waals surface area contributed by atoms with Gasteiger partial charge in [0.15, 0.2) is 11.6 Å². The predicted molar refractivity (Wildman–Crippen MR) is 93.7 cm³/mol. The Morgan fingerprint density at radius 1 is 1.24 bits per heavy atom. The van der Waals surface area contributed by atoms with E-state index in [9.17, 15) is 4.79 Å². The molecule has 7 nitrogen and oxygen atoms in total. The first kappa shape index (κ1) is 16.8. The van der Waals surface area contributed by atoms with Gasteiger partial charge in [-0.1, -0.05) is 19.1 Å². The zero-order valence-corrected chi connectivity index (χ0v) is 14.3. The first-order valence-corrected chi connectivity index (χ1v) is 8.25. The Kier molecular flexibility index (Phi) is 5.13. The molecule has 128 valence electrons. The minimum Gasteiger partial charge on any atom is -0.342 e. The Morgan fingerprint density at radius 2 is 2.04 bits per heavy atom. The van der Waals surface area contributed by atoms with Gasteiger partial charge in [-0.15, -0.1) is 10.2 Å². The van der Waals surface area contributed by atoms with Crippen LogP contribution in [0.2, 0.25) is 0 Å². The van der Waals surface area contributed by atoms with Gasteiger partial charge < -0.3 is 9.88 Å². The van der Waals surface area contributed by atoms with E-state index in [4.69, 9.17) is 0 Å². The van der Waals surface area contributed by atoms with Gasteiger partial charge >= 0.3 is 0 Å². The normalized spacial score (nSPS) is 11.9. The number of carbonyl (C=O) groups is 1. The molecule has 0 bridgehead atoms. The second-order valence-corrected chi connectivity index (χ2v) is 5.73. The zero-order valence-electron chi connectivity index (χ0n) is 14.3. The van der Waals surface area contributed by atoms with Gasteiger partial charge in [-0.05, 0) is 31.5 Å². The summed E-state index contributed by atoms with van der Waals surface area (Å²) >= 11 is 0. The van der Waals surface area contributed by atoms with Crippen molar-refractivity contribution in [1.29, 1.82) is 0 Å². The molecule has 0 saturated carbocycles. The maximum Gasteiger partial charge on any atom is 0.251 e. The van der Waals surface area contributed by atoms with E-state index >= 15 is 0 Å². The second kappa shape index (κ2) is 7.65. The standard InChI is InChI=1S/C18H20N6O/c1-3-10-24-12-21-23-17(24)13(2)22-18(25)15-7-4-6-14(11-15)16-19-8-5-9-20-16/h4-9,11-13H,3,10H2,1-2H3,(H,22,25)/t13-/m0/s1. The number of rotatable bonds is 6. The molecule has 1 N–H and O–H groups in total. The van der Waals surface area contributed by atoms with E-state index in [-0.39, 0.29) is 11.9 Å². The lowest BCUT2D eigenvalue weighted by atomic mass is 10.1. The molecule has 0 aliphatic heterocycles. The van der Waals surface area contributed by atoms with E-state index in [2.05, 4.69) is 32.4 Å². The van der Waals surface area contributed by atoms with Crippen LogP contribution in [0.15, 0.2) is 49.1 Å². The van der Waals surface area contributed by atoms with Gasteiger partial charge in [0.1, 0.15) is 6.33 Å². The average molecular weight is 336 g/mol. The minimum absolute atomic E-state index is 0.170. The van der Waals surface area contributed by atoms with E-state index in [0.717, 1.165) is 24.4 Å². The SMILES string of the molecule is CCCn1cnnc1[C@H](C)NC(=O)c1cccc(-c2ncccn2)c1. The lowest BCUT2D eigenvalue weighted by Crippen LogP contribution is -2.28. The quantitative estimate of drug-likeness (QED) is 0.748. The smallest absolute Gasteiger partial charge is 0.251 e. The summed E-state index contributed by atoms with van der Waals surface area (Å²) < 4.78 is 1.96. The van der Waals surface area contributed by atoms with Crippen molar-refractivity contribution >= 4 is 5.91 Å². The molecule has 25 heavy (non-hydrogen) atoms. The molecule has 0 unspecified atom stereocenters. The molecule has 2 aromatic heterocycles. The fourth-order valence-electron chi connectivity index (χ4n) is 2.60. The third kappa shape index (κ3) is 3.88. The molecule has 3 aromatic rings. The van der Waals surface area contributed by atoms with E-state index in [0.29, 0.717) is 11.4 Å². The van der Waals surface area contributed by atoms with Crippen LogP contribution in [0.5, 0.6) is 0 Å². The molecule has 1 aromatic carbocycles. The Hall–Kier alpha value is -3.09. The van der Waals surface area contributed by atoms with E-state index in [1.807, 2.05) is 23.6 Å². The summed E-state index contributed by atoms with van der Waals surface area (Å²) in [6, 6.07) is 8.78. The topological polar surface area (TPSA) is 85.6 Å². The molecule has 0 fully saturated rings. The molecule has 0 aliphatic carbocycles. The Labute approximate surface area is 146 Å². The maximum atomic E-state index is 12.6. The van der Waals surface area contributed by atoms with Gasteiger partial charge in [0.25, 0.3) is 5.91 Å². The summed E-state index contributed by atoms with van der Waals surface area (Å²) in [7, 11) is 0. The number of benzene rings is 1. The van der Waals surface area contributed by atoms with Crippen molar-refractivity contribution < 1.29 is 4.79 Å². The number of nitrogens with one attached hydrogen (secondary N) is 1. The van der Waals surface area contributed by atoms with Gasteiger partial charge in [-0.3, -0.25) is 4.79 Å². The van der Waals surface area contributed by atoms with E-state index < -0.39 is 0 Å². The molecular weight excluding hydrogens is 316 g/mol. The molecular formula is C18H20N6O. The van der Waals surface area contributed by atoms with Gasteiger partial charge in [-0.25, -0.2) is 9.97 Å². The predicted octanol–water partition coefficient (Wildman–Crippen LogP) is 2.64. The minimum atomic E-state index is -0.238. The van der Waals surface area contributed by atoms with Crippen LogP contribution < -0.4 is 5.32 Å². The highest BCUT2D eigenvalue weighted by Gasteiger charge is 2.17. The molecule has 1 amide bonds. The molecule has 0 spiro atoms. The lowest BCUT2D eigenvalue weighted by Gasteiger charge is -2.14. The van der Waals surface area contributed by atoms with Crippen molar-refractivity contribution in [3.63, 3.8) is 0 Å². The molecule has 3 rings (SSSR count). The molecule has 0 saturated heterocycles. The van der Waals surface area contributed by atoms with Crippen LogP contribution in [0, 0.1) is 0 Å². The molecule has 0 radical (unpaired) electrons. The molecule has 0 aliphatic rings. The van der Waals surface area contributed by atoms with Gasteiger partial charge in [0.2, 0.25) is 0 Å². The first-order chi connectivity index (χ1) is 12.2. The summed E-state index contributed by atoms with van der Waals surface area (Å²) in [4.78, 5) is 21.0. The second-order valence-electron chi connectivity index (χ2n) is 5.73. The van der Waals surface area contributed by atoms with Crippen LogP contribution in [0.25, 0.3) is 11.4 Å². The number of carbonyl (C=O) groups excluding carboxylic acids is 1. The number of aryl methyl sites for hydroxylation is 1. The average Bonchev–Trinajstić information content (AvgIpc) is 3.11. The van der Waals surface area contributed by atoms with E-state index in [1.54, 1.807) is 36.9 Å². The summed E-state index contributed by atoms with van der Waals surface area (Å²) in [6.07, 6.45) is 6.02. The van der Waals surface area contributed by atoms with Crippen LogP contribution in [0.1, 0.15) is 42.5 Å².